The molecule has 2 aliphatic heterocycles. The normalized spacial score (nSPS) is 16.2. The van der Waals surface area contributed by atoms with Crippen LogP contribution in [0.15, 0.2) is 18.2 Å². The van der Waals surface area contributed by atoms with Crippen LogP contribution in [0.1, 0.15) is 57.4 Å². The molecule has 1 amide bonds. The van der Waals surface area contributed by atoms with E-state index in [0.717, 1.165) is 16.8 Å². The molecule has 2 aliphatic rings. The van der Waals surface area contributed by atoms with Gasteiger partial charge in [-0.1, -0.05) is 17.7 Å². The lowest BCUT2D eigenvalue weighted by molar-refractivity contribution is -0.148. The molecule has 1 aromatic carbocycles. The third kappa shape index (κ3) is 6.83. The Bertz CT molecular complexity index is 1180. The number of aromatic nitrogens is 2. The average Bonchev–Trinajstić information content (AvgIpc) is 2.87. The Morgan fingerprint density at radius 2 is 1.92 bits per heavy atom. The summed E-state index contributed by atoms with van der Waals surface area (Å²) in [7, 11) is 0. The second-order valence-corrected chi connectivity index (χ2v) is 11.0. The van der Waals surface area contributed by atoms with Gasteiger partial charge >= 0.3 is 12.1 Å². The lowest BCUT2D eigenvalue weighted by Gasteiger charge is -2.34. The van der Waals surface area contributed by atoms with Crippen molar-refractivity contribution in [2.24, 2.45) is 5.92 Å². The molecule has 3 heterocycles. The van der Waals surface area contributed by atoms with Crippen LogP contribution in [0, 0.1) is 11.7 Å². The Morgan fingerprint density at radius 1 is 1.18 bits per heavy atom. The molecular weight excluding hydrogens is 513 g/mol. The smallest absolute Gasteiger partial charge is 0.410 e. The number of fused-ring (bicyclic) bond motifs is 1. The number of carbonyl (C=O) groups is 2. The molecule has 0 bridgehead atoms. The third-order valence-corrected chi connectivity index (χ3v) is 6.91. The number of esters is 1. The van der Waals surface area contributed by atoms with Gasteiger partial charge in [0.25, 0.3) is 0 Å². The Hall–Kier alpha value is -3.14. The van der Waals surface area contributed by atoms with Crippen LogP contribution in [-0.2, 0) is 33.8 Å². The predicted octanol–water partition coefficient (Wildman–Crippen LogP) is 4.95. The molecule has 0 saturated carbocycles. The maximum Gasteiger partial charge on any atom is 0.410 e. The van der Waals surface area contributed by atoms with E-state index in [1.807, 2.05) is 27.7 Å². The molecule has 1 saturated heterocycles. The highest BCUT2D eigenvalue weighted by Crippen LogP contribution is 2.30. The molecule has 0 atom stereocenters. The second kappa shape index (κ2) is 11.7. The number of nitrogens with zero attached hydrogens (tertiary/aromatic N) is 4. The van der Waals surface area contributed by atoms with E-state index in [4.69, 9.17) is 31.0 Å². The van der Waals surface area contributed by atoms with Crippen LogP contribution < -0.4 is 10.2 Å². The standard InChI is InChI=1S/C27H35ClFN5O4/c1-5-37-24(35)17-8-11-33(12-9-17)25-31-22-10-13-34(26(36)38-27(2,3)4)16-20(22)23(32-25)30-15-18-6-7-19(29)14-21(18)28/h6-7,14,17H,5,8-13,15-16H2,1-4H3,(H,30,31,32). The largest absolute Gasteiger partial charge is 0.466 e. The van der Waals surface area contributed by atoms with Crippen molar-refractivity contribution in [1.29, 1.82) is 0 Å². The Morgan fingerprint density at radius 3 is 2.58 bits per heavy atom. The van der Waals surface area contributed by atoms with E-state index in [1.165, 1.54) is 12.1 Å². The Labute approximate surface area is 227 Å². The van der Waals surface area contributed by atoms with Crippen LogP contribution in [-0.4, -0.2) is 58.8 Å². The Balaban J connectivity index is 1.57. The topological polar surface area (TPSA) is 96.9 Å². The third-order valence-electron chi connectivity index (χ3n) is 6.56. The van der Waals surface area contributed by atoms with Crippen molar-refractivity contribution in [3.63, 3.8) is 0 Å². The molecule has 11 heteroatoms. The summed E-state index contributed by atoms with van der Waals surface area (Å²) in [6, 6.07) is 4.27. The first-order valence-electron chi connectivity index (χ1n) is 13.0. The molecule has 1 N–H and O–H groups in total. The average molecular weight is 548 g/mol. The fraction of sp³-hybridized carbons (Fsp3) is 0.556. The lowest BCUT2D eigenvalue weighted by Crippen LogP contribution is -2.41. The van der Waals surface area contributed by atoms with E-state index >= 15 is 0 Å². The highest BCUT2D eigenvalue weighted by Gasteiger charge is 2.31. The van der Waals surface area contributed by atoms with E-state index < -0.39 is 11.4 Å². The number of hydrogen-bond donors (Lipinski definition) is 1. The molecule has 4 rings (SSSR count). The van der Waals surface area contributed by atoms with Gasteiger partial charge in [-0.3, -0.25) is 4.79 Å². The van der Waals surface area contributed by atoms with Gasteiger partial charge in [0.2, 0.25) is 5.95 Å². The van der Waals surface area contributed by atoms with Crippen LogP contribution in [0.2, 0.25) is 5.02 Å². The zero-order valence-electron chi connectivity index (χ0n) is 22.4. The predicted molar refractivity (Wildman–Crippen MR) is 143 cm³/mol. The maximum atomic E-state index is 13.5. The highest BCUT2D eigenvalue weighted by atomic mass is 35.5. The number of halogens is 2. The highest BCUT2D eigenvalue weighted by molar-refractivity contribution is 6.31. The van der Waals surface area contributed by atoms with Gasteiger partial charge in [-0.25, -0.2) is 14.2 Å². The summed E-state index contributed by atoms with van der Waals surface area (Å²) in [5.74, 6) is 0.485. The van der Waals surface area contributed by atoms with Crippen molar-refractivity contribution in [2.45, 2.75) is 65.6 Å². The van der Waals surface area contributed by atoms with Crippen LogP contribution in [0.4, 0.5) is 21.0 Å². The summed E-state index contributed by atoms with van der Waals surface area (Å²) in [6.45, 7) is 10.1. The number of hydrogen-bond acceptors (Lipinski definition) is 8. The van der Waals surface area contributed by atoms with Crippen LogP contribution in [0.3, 0.4) is 0 Å². The number of anilines is 2. The fourth-order valence-electron chi connectivity index (χ4n) is 4.59. The molecule has 0 aliphatic carbocycles. The first-order valence-corrected chi connectivity index (χ1v) is 13.4. The maximum absolute atomic E-state index is 13.5. The zero-order chi connectivity index (χ0) is 27.4. The van der Waals surface area contributed by atoms with Crippen molar-refractivity contribution in [3.05, 3.63) is 45.9 Å². The minimum absolute atomic E-state index is 0.121. The summed E-state index contributed by atoms with van der Waals surface area (Å²) in [5.41, 5.74) is 1.78. The minimum atomic E-state index is -0.603. The number of ether oxygens (including phenoxy) is 2. The molecule has 0 unspecified atom stereocenters. The van der Waals surface area contributed by atoms with Gasteiger partial charge in [0.05, 0.1) is 24.8 Å². The minimum Gasteiger partial charge on any atom is -0.466 e. The number of amides is 1. The number of rotatable bonds is 6. The van der Waals surface area contributed by atoms with Gasteiger partial charge in [0.1, 0.15) is 17.2 Å². The summed E-state index contributed by atoms with van der Waals surface area (Å²) in [4.78, 5) is 38.4. The van der Waals surface area contributed by atoms with E-state index in [0.29, 0.717) is 75.4 Å². The first-order chi connectivity index (χ1) is 18.0. The molecule has 9 nitrogen and oxygen atoms in total. The molecule has 0 radical (unpaired) electrons. The monoisotopic (exact) mass is 547 g/mol. The summed E-state index contributed by atoms with van der Waals surface area (Å²) in [6.07, 6.45) is 1.50. The van der Waals surface area contributed by atoms with Crippen molar-refractivity contribution in [1.82, 2.24) is 14.9 Å². The molecule has 206 valence electrons. The molecule has 0 spiro atoms. The van der Waals surface area contributed by atoms with Crippen molar-refractivity contribution >= 4 is 35.4 Å². The lowest BCUT2D eigenvalue weighted by atomic mass is 9.97. The van der Waals surface area contributed by atoms with Gasteiger partial charge in [-0.05, 0) is 58.2 Å². The zero-order valence-corrected chi connectivity index (χ0v) is 23.1. The second-order valence-electron chi connectivity index (χ2n) is 10.6. The van der Waals surface area contributed by atoms with Crippen LogP contribution in [0.5, 0.6) is 0 Å². The summed E-state index contributed by atoms with van der Waals surface area (Å²) < 4.78 is 24.3. The van der Waals surface area contributed by atoms with E-state index in [2.05, 4.69) is 10.2 Å². The van der Waals surface area contributed by atoms with Crippen molar-refractivity contribution in [3.8, 4) is 0 Å². The molecular formula is C27H35ClFN5O4. The number of nitrogens with one attached hydrogen (secondary N) is 1. The SMILES string of the molecule is CCOC(=O)C1CCN(c2nc3c(c(NCc4ccc(F)cc4Cl)n2)CN(C(=O)OC(C)(C)C)CC3)CC1. The van der Waals surface area contributed by atoms with Gasteiger partial charge in [-0.2, -0.15) is 4.98 Å². The van der Waals surface area contributed by atoms with E-state index in [-0.39, 0.29) is 18.0 Å². The number of piperidine rings is 1. The number of carbonyl (C=O) groups excluding carboxylic acids is 2. The van der Waals surface area contributed by atoms with E-state index in [1.54, 1.807) is 11.0 Å². The number of benzene rings is 1. The van der Waals surface area contributed by atoms with Gasteiger partial charge in [0.15, 0.2) is 0 Å². The van der Waals surface area contributed by atoms with Gasteiger partial charge in [0, 0.05) is 43.2 Å². The Kier molecular flexibility index (Phi) is 8.60. The first kappa shape index (κ1) is 27.9. The van der Waals surface area contributed by atoms with Gasteiger partial charge < -0.3 is 24.6 Å². The van der Waals surface area contributed by atoms with Crippen molar-refractivity contribution in [2.75, 3.05) is 36.5 Å². The van der Waals surface area contributed by atoms with Crippen LogP contribution >= 0.6 is 11.6 Å². The summed E-state index contributed by atoms with van der Waals surface area (Å²) in [5, 5.41) is 3.66. The van der Waals surface area contributed by atoms with Crippen LogP contribution in [0.25, 0.3) is 0 Å². The molecule has 38 heavy (non-hydrogen) atoms. The van der Waals surface area contributed by atoms with Crippen molar-refractivity contribution < 1.29 is 23.5 Å². The fourth-order valence-corrected chi connectivity index (χ4v) is 4.82. The molecule has 1 aromatic heterocycles. The van der Waals surface area contributed by atoms with E-state index in [9.17, 15) is 14.0 Å². The quantitative estimate of drug-likeness (QED) is 0.507. The molecule has 1 fully saturated rings. The summed E-state index contributed by atoms with van der Waals surface area (Å²) >= 11 is 6.25. The molecule has 2 aromatic rings. The van der Waals surface area contributed by atoms with Gasteiger partial charge in [-0.15, -0.1) is 0 Å².